The maximum atomic E-state index is 11.4. The van der Waals surface area contributed by atoms with Crippen LogP contribution in [-0.2, 0) is 0 Å². The van der Waals surface area contributed by atoms with Crippen LogP contribution in [0.2, 0.25) is 5.02 Å². The van der Waals surface area contributed by atoms with Gasteiger partial charge in [-0.1, -0.05) is 29.8 Å². The number of carbonyl (C=O) groups excluding carboxylic acids is 1. The van der Waals surface area contributed by atoms with E-state index in [2.05, 4.69) is 5.32 Å². The highest BCUT2D eigenvalue weighted by Crippen LogP contribution is 2.31. The Morgan fingerprint density at radius 1 is 1.27 bits per heavy atom. The van der Waals surface area contributed by atoms with Gasteiger partial charge < -0.3 is 5.32 Å². The summed E-state index contributed by atoms with van der Waals surface area (Å²) in [4.78, 5) is 22.1. The number of hydrogen-bond acceptors (Lipinski definition) is 4. The molecule has 0 saturated carbocycles. The summed E-state index contributed by atoms with van der Waals surface area (Å²) in [6.07, 6.45) is 0. The van der Waals surface area contributed by atoms with E-state index < -0.39 is 4.92 Å². The Morgan fingerprint density at radius 2 is 1.95 bits per heavy atom. The molecule has 22 heavy (non-hydrogen) atoms. The Balaban J connectivity index is 2.35. The molecule has 0 spiro atoms. The summed E-state index contributed by atoms with van der Waals surface area (Å²) in [5, 5.41) is 14.9. The lowest BCUT2D eigenvalue weighted by atomic mass is 10.1. The van der Waals surface area contributed by atoms with Gasteiger partial charge >= 0.3 is 0 Å². The SMILES string of the molecule is CC(=O)c1ccc(NC(C)c2ccccc2Cl)c([N+](=O)[O-])c1. The van der Waals surface area contributed by atoms with Crippen molar-refractivity contribution in [2.75, 3.05) is 5.32 Å². The predicted molar refractivity (Wildman–Crippen MR) is 86.6 cm³/mol. The molecule has 0 aliphatic carbocycles. The number of hydrogen-bond donors (Lipinski definition) is 1. The Kier molecular flexibility index (Phi) is 4.78. The fourth-order valence-corrected chi connectivity index (χ4v) is 2.46. The third-order valence-corrected chi connectivity index (χ3v) is 3.69. The van der Waals surface area contributed by atoms with Crippen molar-refractivity contribution in [3.63, 3.8) is 0 Å². The van der Waals surface area contributed by atoms with E-state index in [9.17, 15) is 14.9 Å². The van der Waals surface area contributed by atoms with Gasteiger partial charge in [-0.25, -0.2) is 0 Å². The monoisotopic (exact) mass is 318 g/mol. The van der Waals surface area contributed by atoms with Gasteiger partial charge in [-0.3, -0.25) is 14.9 Å². The average Bonchev–Trinajstić information content (AvgIpc) is 2.47. The lowest BCUT2D eigenvalue weighted by molar-refractivity contribution is -0.384. The smallest absolute Gasteiger partial charge is 0.293 e. The summed E-state index contributed by atoms with van der Waals surface area (Å²) < 4.78 is 0. The standard InChI is InChI=1S/C16H15ClN2O3/c1-10(13-5-3-4-6-14(13)17)18-15-8-7-12(11(2)20)9-16(15)19(21)22/h3-10,18H,1-2H3. The van der Waals surface area contributed by atoms with Gasteiger partial charge in [0.2, 0.25) is 0 Å². The predicted octanol–water partition coefficient (Wildman–Crippen LogP) is 4.62. The van der Waals surface area contributed by atoms with E-state index >= 15 is 0 Å². The van der Waals surface area contributed by atoms with Crippen LogP contribution < -0.4 is 5.32 Å². The molecule has 2 aromatic rings. The van der Waals surface area contributed by atoms with Crippen molar-refractivity contribution in [1.29, 1.82) is 0 Å². The van der Waals surface area contributed by atoms with Crippen molar-refractivity contribution >= 4 is 28.8 Å². The quantitative estimate of drug-likeness (QED) is 0.496. The van der Waals surface area contributed by atoms with Gasteiger partial charge in [-0.05, 0) is 37.6 Å². The number of nitrogens with one attached hydrogen (secondary N) is 1. The number of halogens is 1. The van der Waals surface area contributed by atoms with Crippen LogP contribution in [-0.4, -0.2) is 10.7 Å². The van der Waals surface area contributed by atoms with Crippen molar-refractivity contribution in [3.8, 4) is 0 Å². The Labute approximate surface area is 133 Å². The molecule has 2 aromatic carbocycles. The molecule has 0 amide bonds. The molecule has 114 valence electrons. The topological polar surface area (TPSA) is 72.2 Å². The first-order valence-electron chi connectivity index (χ1n) is 6.70. The highest BCUT2D eigenvalue weighted by Gasteiger charge is 2.18. The third kappa shape index (κ3) is 3.43. The van der Waals surface area contributed by atoms with E-state index in [4.69, 9.17) is 11.6 Å². The minimum atomic E-state index is -0.506. The lowest BCUT2D eigenvalue weighted by Crippen LogP contribution is -2.09. The van der Waals surface area contributed by atoms with Gasteiger partial charge in [0.1, 0.15) is 5.69 Å². The molecular weight excluding hydrogens is 304 g/mol. The van der Waals surface area contributed by atoms with Crippen LogP contribution in [0, 0.1) is 10.1 Å². The van der Waals surface area contributed by atoms with Gasteiger partial charge in [0.25, 0.3) is 5.69 Å². The number of nitro groups is 1. The molecule has 1 atom stereocenters. The van der Waals surface area contributed by atoms with Crippen LogP contribution in [0.15, 0.2) is 42.5 Å². The van der Waals surface area contributed by atoms with Crippen LogP contribution in [0.5, 0.6) is 0 Å². The Hall–Kier alpha value is -2.40. The first kappa shape index (κ1) is 16.0. The number of anilines is 1. The second kappa shape index (κ2) is 6.58. The molecule has 0 aliphatic rings. The fraction of sp³-hybridized carbons (Fsp3) is 0.188. The van der Waals surface area contributed by atoms with Crippen molar-refractivity contribution < 1.29 is 9.72 Å². The number of Topliss-reactive ketones (excluding diaryl/α,β-unsaturated/α-hetero) is 1. The number of ketones is 1. The molecular formula is C16H15ClN2O3. The summed E-state index contributed by atoms with van der Waals surface area (Å²) in [5.41, 5.74) is 1.37. The Morgan fingerprint density at radius 3 is 2.55 bits per heavy atom. The summed E-state index contributed by atoms with van der Waals surface area (Å²) >= 11 is 6.14. The average molecular weight is 319 g/mol. The zero-order valence-electron chi connectivity index (χ0n) is 12.2. The lowest BCUT2D eigenvalue weighted by Gasteiger charge is -2.17. The van der Waals surface area contributed by atoms with Gasteiger partial charge in [-0.15, -0.1) is 0 Å². The summed E-state index contributed by atoms with van der Waals surface area (Å²) in [5.74, 6) is -0.214. The van der Waals surface area contributed by atoms with E-state index in [1.54, 1.807) is 18.2 Å². The summed E-state index contributed by atoms with van der Waals surface area (Å²) in [6.45, 7) is 3.24. The summed E-state index contributed by atoms with van der Waals surface area (Å²) in [7, 11) is 0. The maximum Gasteiger partial charge on any atom is 0.293 e. The minimum Gasteiger partial charge on any atom is -0.373 e. The van der Waals surface area contributed by atoms with Crippen LogP contribution in [0.3, 0.4) is 0 Å². The molecule has 0 saturated heterocycles. The van der Waals surface area contributed by atoms with E-state index in [0.717, 1.165) is 5.56 Å². The van der Waals surface area contributed by atoms with E-state index in [-0.39, 0.29) is 17.5 Å². The molecule has 0 heterocycles. The second-order valence-electron chi connectivity index (χ2n) is 4.93. The molecule has 0 aliphatic heterocycles. The van der Waals surface area contributed by atoms with Gasteiger partial charge in [0.05, 0.1) is 11.0 Å². The van der Waals surface area contributed by atoms with Crippen molar-refractivity contribution in [2.24, 2.45) is 0 Å². The zero-order valence-corrected chi connectivity index (χ0v) is 12.9. The van der Waals surface area contributed by atoms with E-state index in [1.807, 2.05) is 25.1 Å². The first-order chi connectivity index (χ1) is 10.4. The minimum absolute atomic E-state index is 0.133. The molecule has 5 nitrogen and oxygen atoms in total. The van der Waals surface area contributed by atoms with Crippen molar-refractivity contribution in [2.45, 2.75) is 19.9 Å². The van der Waals surface area contributed by atoms with Gasteiger partial charge in [-0.2, -0.15) is 0 Å². The largest absolute Gasteiger partial charge is 0.373 e. The molecule has 0 aromatic heterocycles. The number of benzene rings is 2. The maximum absolute atomic E-state index is 11.4. The Bertz CT molecular complexity index is 731. The normalized spacial score (nSPS) is 11.8. The van der Waals surface area contributed by atoms with Crippen LogP contribution in [0.1, 0.15) is 35.8 Å². The number of carbonyl (C=O) groups is 1. The molecule has 0 radical (unpaired) electrons. The van der Waals surface area contributed by atoms with Crippen LogP contribution in [0.25, 0.3) is 0 Å². The van der Waals surface area contributed by atoms with E-state index in [0.29, 0.717) is 16.3 Å². The fourth-order valence-electron chi connectivity index (χ4n) is 2.16. The number of nitrogens with zero attached hydrogens (tertiary/aromatic N) is 1. The number of nitro benzene ring substituents is 1. The van der Waals surface area contributed by atoms with Gasteiger partial charge in [0, 0.05) is 16.7 Å². The molecule has 1 unspecified atom stereocenters. The van der Waals surface area contributed by atoms with Crippen molar-refractivity contribution in [1.82, 2.24) is 0 Å². The van der Waals surface area contributed by atoms with Crippen molar-refractivity contribution in [3.05, 3.63) is 68.7 Å². The zero-order chi connectivity index (χ0) is 16.3. The molecule has 0 bridgehead atoms. The second-order valence-corrected chi connectivity index (χ2v) is 5.34. The van der Waals surface area contributed by atoms with Crippen LogP contribution in [0.4, 0.5) is 11.4 Å². The molecule has 6 heteroatoms. The van der Waals surface area contributed by atoms with Gasteiger partial charge in [0.15, 0.2) is 5.78 Å². The highest BCUT2D eigenvalue weighted by molar-refractivity contribution is 6.31. The van der Waals surface area contributed by atoms with Crippen LogP contribution >= 0.6 is 11.6 Å². The first-order valence-corrected chi connectivity index (χ1v) is 7.08. The molecule has 1 N–H and O–H groups in total. The third-order valence-electron chi connectivity index (χ3n) is 3.34. The summed E-state index contributed by atoms with van der Waals surface area (Å²) in [6, 6.07) is 11.5. The number of rotatable bonds is 5. The molecule has 0 fully saturated rings. The highest BCUT2D eigenvalue weighted by atomic mass is 35.5. The molecule has 2 rings (SSSR count). The van der Waals surface area contributed by atoms with E-state index in [1.165, 1.54) is 13.0 Å².